The molecule has 106 valence electrons. The van der Waals surface area contributed by atoms with Crippen molar-refractivity contribution in [1.29, 1.82) is 0 Å². The van der Waals surface area contributed by atoms with Gasteiger partial charge < -0.3 is 10.5 Å². The summed E-state index contributed by atoms with van der Waals surface area (Å²) < 4.78 is 5.46. The molecule has 0 amide bonds. The number of hydrogen-bond donors (Lipinski definition) is 1. The molecule has 3 rings (SSSR count). The highest BCUT2D eigenvalue weighted by molar-refractivity contribution is 5.87. The van der Waals surface area contributed by atoms with Crippen molar-refractivity contribution in [3.63, 3.8) is 0 Å². The number of ether oxygens (including phenoxy) is 1. The van der Waals surface area contributed by atoms with Gasteiger partial charge in [-0.05, 0) is 34.9 Å². The van der Waals surface area contributed by atoms with E-state index in [1.165, 1.54) is 16.3 Å². The molecular formula is C19H19NO. The molecule has 3 aromatic rings. The Morgan fingerprint density at radius 3 is 2.43 bits per heavy atom. The zero-order valence-corrected chi connectivity index (χ0v) is 12.3. The third kappa shape index (κ3) is 2.39. The number of aryl methyl sites for hydroxylation is 1. The highest BCUT2D eigenvalue weighted by Gasteiger charge is 2.17. The monoisotopic (exact) mass is 277 g/mol. The molecule has 2 heteroatoms. The Kier molecular flexibility index (Phi) is 3.63. The Balaban J connectivity index is 2.22. The summed E-state index contributed by atoms with van der Waals surface area (Å²) in [7, 11) is 1.68. The van der Waals surface area contributed by atoms with Gasteiger partial charge in [-0.3, -0.25) is 0 Å². The fourth-order valence-electron chi connectivity index (χ4n) is 2.90. The van der Waals surface area contributed by atoms with Crippen LogP contribution in [-0.2, 0) is 0 Å². The second kappa shape index (κ2) is 5.58. The molecule has 0 aliphatic carbocycles. The number of rotatable bonds is 3. The maximum atomic E-state index is 6.58. The Labute approximate surface area is 125 Å². The van der Waals surface area contributed by atoms with Crippen molar-refractivity contribution in [3.8, 4) is 5.75 Å². The van der Waals surface area contributed by atoms with E-state index < -0.39 is 0 Å². The van der Waals surface area contributed by atoms with Crippen LogP contribution in [0.1, 0.15) is 22.7 Å². The Morgan fingerprint density at radius 1 is 0.905 bits per heavy atom. The van der Waals surface area contributed by atoms with Gasteiger partial charge in [-0.15, -0.1) is 0 Å². The largest absolute Gasteiger partial charge is 0.496 e. The Morgan fingerprint density at radius 2 is 1.62 bits per heavy atom. The van der Waals surface area contributed by atoms with Gasteiger partial charge in [-0.1, -0.05) is 54.6 Å². The number of benzene rings is 3. The number of methoxy groups -OCH3 is 1. The molecule has 1 unspecified atom stereocenters. The molecule has 0 radical (unpaired) electrons. The number of fused-ring (bicyclic) bond motifs is 1. The van der Waals surface area contributed by atoms with Crippen LogP contribution in [0.4, 0.5) is 0 Å². The van der Waals surface area contributed by atoms with Crippen molar-refractivity contribution < 1.29 is 4.74 Å². The van der Waals surface area contributed by atoms with Crippen molar-refractivity contribution in [2.24, 2.45) is 5.73 Å². The van der Waals surface area contributed by atoms with Crippen LogP contribution in [0.5, 0.6) is 5.75 Å². The molecule has 0 bridgehead atoms. The lowest BCUT2D eigenvalue weighted by atomic mass is 9.90. The summed E-state index contributed by atoms with van der Waals surface area (Å²) in [5, 5.41) is 2.42. The van der Waals surface area contributed by atoms with Crippen molar-refractivity contribution in [3.05, 3.63) is 77.4 Å². The van der Waals surface area contributed by atoms with E-state index in [1.807, 2.05) is 24.3 Å². The van der Waals surface area contributed by atoms with E-state index in [0.29, 0.717) is 0 Å². The first-order valence-corrected chi connectivity index (χ1v) is 7.09. The molecular weight excluding hydrogens is 258 g/mol. The summed E-state index contributed by atoms with van der Waals surface area (Å²) in [6.45, 7) is 2.11. The van der Waals surface area contributed by atoms with Crippen LogP contribution in [0.25, 0.3) is 10.8 Å². The third-order valence-corrected chi connectivity index (χ3v) is 3.97. The zero-order chi connectivity index (χ0) is 14.8. The van der Waals surface area contributed by atoms with Crippen molar-refractivity contribution in [1.82, 2.24) is 0 Å². The van der Waals surface area contributed by atoms with Crippen LogP contribution in [0.3, 0.4) is 0 Å². The minimum absolute atomic E-state index is 0.202. The van der Waals surface area contributed by atoms with Gasteiger partial charge >= 0.3 is 0 Å². The zero-order valence-electron chi connectivity index (χ0n) is 12.3. The molecule has 0 fully saturated rings. The van der Waals surface area contributed by atoms with E-state index >= 15 is 0 Å². The van der Waals surface area contributed by atoms with E-state index in [-0.39, 0.29) is 6.04 Å². The third-order valence-electron chi connectivity index (χ3n) is 3.97. The second-order valence-corrected chi connectivity index (χ2v) is 5.24. The van der Waals surface area contributed by atoms with E-state index in [4.69, 9.17) is 10.5 Å². The van der Waals surface area contributed by atoms with Crippen LogP contribution in [0.15, 0.2) is 60.7 Å². The first kappa shape index (κ1) is 13.7. The van der Waals surface area contributed by atoms with Gasteiger partial charge in [-0.2, -0.15) is 0 Å². The minimum atomic E-state index is -0.202. The van der Waals surface area contributed by atoms with E-state index in [0.717, 1.165) is 16.9 Å². The summed E-state index contributed by atoms with van der Waals surface area (Å²) >= 11 is 0. The lowest BCUT2D eigenvalue weighted by Gasteiger charge is -2.20. The lowest BCUT2D eigenvalue weighted by Crippen LogP contribution is -2.15. The van der Waals surface area contributed by atoms with Crippen LogP contribution in [0, 0.1) is 6.92 Å². The molecule has 0 spiro atoms. The molecule has 2 N–H and O–H groups in total. The molecule has 2 nitrogen and oxygen atoms in total. The maximum Gasteiger partial charge on any atom is 0.123 e. The Hall–Kier alpha value is -2.32. The summed E-state index contributed by atoms with van der Waals surface area (Å²) in [5.41, 5.74) is 9.96. The quantitative estimate of drug-likeness (QED) is 0.778. The standard InChI is InChI=1S/C19H19NO/c1-13-11-12-14-7-3-4-8-15(14)18(13)19(20)16-9-5-6-10-17(16)21-2/h3-12,19H,20H2,1-2H3. The molecule has 0 saturated heterocycles. The predicted molar refractivity (Wildman–Crippen MR) is 87.7 cm³/mol. The topological polar surface area (TPSA) is 35.2 Å². The lowest BCUT2D eigenvalue weighted by molar-refractivity contribution is 0.408. The maximum absolute atomic E-state index is 6.58. The van der Waals surface area contributed by atoms with Gasteiger partial charge in [0.1, 0.15) is 5.75 Å². The van der Waals surface area contributed by atoms with Gasteiger partial charge in [0.05, 0.1) is 13.2 Å². The Bertz CT molecular complexity index is 779. The average molecular weight is 277 g/mol. The van der Waals surface area contributed by atoms with E-state index in [2.05, 4.69) is 43.3 Å². The molecule has 0 aliphatic rings. The van der Waals surface area contributed by atoms with Crippen molar-refractivity contribution >= 4 is 10.8 Å². The summed E-state index contributed by atoms with van der Waals surface area (Å²) in [6, 6.07) is 20.4. The summed E-state index contributed by atoms with van der Waals surface area (Å²) in [4.78, 5) is 0. The van der Waals surface area contributed by atoms with Crippen LogP contribution >= 0.6 is 0 Å². The van der Waals surface area contributed by atoms with Gasteiger partial charge in [0, 0.05) is 5.56 Å². The van der Waals surface area contributed by atoms with Gasteiger partial charge in [0.2, 0.25) is 0 Å². The van der Waals surface area contributed by atoms with Gasteiger partial charge in [0.25, 0.3) is 0 Å². The van der Waals surface area contributed by atoms with Crippen LogP contribution < -0.4 is 10.5 Å². The molecule has 3 aromatic carbocycles. The average Bonchev–Trinajstić information content (AvgIpc) is 2.54. The van der Waals surface area contributed by atoms with Gasteiger partial charge in [-0.25, -0.2) is 0 Å². The fourth-order valence-corrected chi connectivity index (χ4v) is 2.90. The normalized spacial score (nSPS) is 12.3. The highest BCUT2D eigenvalue weighted by atomic mass is 16.5. The number of hydrogen-bond acceptors (Lipinski definition) is 2. The minimum Gasteiger partial charge on any atom is -0.496 e. The number of para-hydroxylation sites is 1. The molecule has 1 atom stereocenters. The molecule has 0 aromatic heterocycles. The molecule has 0 heterocycles. The van der Waals surface area contributed by atoms with Crippen molar-refractivity contribution in [2.75, 3.05) is 7.11 Å². The second-order valence-electron chi connectivity index (χ2n) is 5.24. The fraction of sp³-hybridized carbons (Fsp3) is 0.158. The van der Waals surface area contributed by atoms with Crippen LogP contribution in [0.2, 0.25) is 0 Å². The first-order chi connectivity index (χ1) is 10.2. The van der Waals surface area contributed by atoms with Crippen molar-refractivity contribution in [2.45, 2.75) is 13.0 Å². The first-order valence-electron chi connectivity index (χ1n) is 7.09. The predicted octanol–water partition coefficient (Wildman–Crippen LogP) is 4.20. The highest BCUT2D eigenvalue weighted by Crippen LogP contribution is 2.34. The van der Waals surface area contributed by atoms with Gasteiger partial charge in [0.15, 0.2) is 0 Å². The molecule has 0 saturated carbocycles. The van der Waals surface area contributed by atoms with E-state index in [1.54, 1.807) is 7.11 Å². The SMILES string of the molecule is COc1ccccc1C(N)c1c(C)ccc2ccccc12. The summed E-state index contributed by atoms with van der Waals surface area (Å²) in [5.74, 6) is 0.831. The summed E-state index contributed by atoms with van der Waals surface area (Å²) in [6.07, 6.45) is 0. The smallest absolute Gasteiger partial charge is 0.123 e. The molecule has 0 aliphatic heterocycles. The van der Waals surface area contributed by atoms with Crippen LogP contribution in [-0.4, -0.2) is 7.11 Å². The number of nitrogens with two attached hydrogens (primary N) is 1. The van der Waals surface area contributed by atoms with E-state index in [9.17, 15) is 0 Å². The molecule has 21 heavy (non-hydrogen) atoms.